The van der Waals surface area contributed by atoms with Crippen molar-refractivity contribution in [3.63, 3.8) is 0 Å². The van der Waals surface area contributed by atoms with Crippen molar-refractivity contribution < 1.29 is 14.6 Å². The minimum absolute atomic E-state index is 0.0385. The van der Waals surface area contributed by atoms with Crippen LogP contribution in [0.3, 0.4) is 0 Å². The summed E-state index contributed by atoms with van der Waals surface area (Å²) in [5.41, 5.74) is 0.630. The number of ether oxygens (including phenoxy) is 1. The van der Waals surface area contributed by atoms with Crippen molar-refractivity contribution in [2.24, 2.45) is 0 Å². The predicted octanol–water partition coefficient (Wildman–Crippen LogP) is 2.30. The van der Waals surface area contributed by atoms with Crippen molar-refractivity contribution in [2.45, 2.75) is 20.3 Å². The molecule has 0 bridgehead atoms. The Hall–Kier alpha value is -2.01. The standard InChI is InChI=1S/C14H14ClNO4/c1-3-20-10(17)6-8-13(18)11-9(16-14(8)19)5-4-7(2)12(11)15/h4-5H,3,6H2,1-2H3,(H2,16,18,19). The van der Waals surface area contributed by atoms with Gasteiger partial charge in [-0.15, -0.1) is 0 Å². The van der Waals surface area contributed by atoms with Gasteiger partial charge in [-0.05, 0) is 25.5 Å². The highest BCUT2D eigenvalue weighted by Gasteiger charge is 2.18. The Morgan fingerprint density at radius 2 is 2.15 bits per heavy atom. The van der Waals surface area contributed by atoms with Gasteiger partial charge in [0.2, 0.25) is 0 Å². The molecule has 0 aliphatic heterocycles. The molecule has 1 aromatic carbocycles. The molecular formula is C14H14ClNO4. The molecule has 0 unspecified atom stereocenters. The lowest BCUT2D eigenvalue weighted by Gasteiger charge is -2.10. The number of aromatic amines is 1. The predicted molar refractivity (Wildman–Crippen MR) is 76.3 cm³/mol. The molecule has 0 atom stereocenters. The van der Waals surface area contributed by atoms with E-state index in [4.69, 9.17) is 16.3 Å². The first-order chi connectivity index (χ1) is 9.45. The number of nitrogens with one attached hydrogen (secondary N) is 1. The van der Waals surface area contributed by atoms with Gasteiger partial charge < -0.3 is 14.8 Å². The van der Waals surface area contributed by atoms with Crippen LogP contribution >= 0.6 is 11.6 Å². The number of rotatable bonds is 3. The molecule has 1 heterocycles. The zero-order chi connectivity index (χ0) is 14.9. The number of hydrogen-bond acceptors (Lipinski definition) is 4. The third-order valence-electron chi connectivity index (χ3n) is 3.01. The van der Waals surface area contributed by atoms with Gasteiger partial charge in [-0.1, -0.05) is 17.7 Å². The van der Waals surface area contributed by atoms with E-state index in [1.807, 2.05) is 0 Å². The summed E-state index contributed by atoms with van der Waals surface area (Å²) in [7, 11) is 0. The van der Waals surface area contributed by atoms with Crippen molar-refractivity contribution in [1.29, 1.82) is 0 Å². The van der Waals surface area contributed by atoms with Crippen LogP contribution < -0.4 is 5.56 Å². The monoisotopic (exact) mass is 295 g/mol. The van der Waals surface area contributed by atoms with Crippen molar-refractivity contribution in [3.05, 3.63) is 38.6 Å². The van der Waals surface area contributed by atoms with Gasteiger partial charge >= 0.3 is 5.97 Å². The second-order valence-electron chi connectivity index (χ2n) is 4.38. The summed E-state index contributed by atoms with van der Waals surface area (Å²) in [5.74, 6) is -0.845. The van der Waals surface area contributed by atoms with E-state index in [1.54, 1.807) is 26.0 Å². The van der Waals surface area contributed by atoms with E-state index in [-0.39, 0.29) is 24.3 Å². The molecule has 2 aromatic rings. The molecular weight excluding hydrogens is 282 g/mol. The van der Waals surface area contributed by atoms with Gasteiger partial charge in [0.15, 0.2) is 0 Å². The lowest BCUT2D eigenvalue weighted by Crippen LogP contribution is -2.18. The van der Waals surface area contributed by atoms with Crippen LogP contribution in [0.15, 0.2) is 16.9 Å². The van der Waals surface area contributed by atoms with Crippen molar-refractivity contribution >= 4 is 28.5 Å². The van der Waals surface area contributed by atoms with Crippen molar-refractivity contribution in [1.82, 2.24) is 4.98 Å². The van der Waals surface area contributed by atoms with Crippen LogP contribution in [0.1, 0.15) is 18.1 Å². The van der Waals surface area contributed by atoms with E-state index in [9.17, 15) is 14.7 Å². The summed E-state index contributed by atoms with van der Waals surface area (Å²) in [6.45, 7) is 3.67. The molecule has 2 rings (SSSR count). The van der Waals surface area contributed by atoms with Gasteiger partial charge in [0.25, 0.3) is 5.56 Å². The van der Waals surface area contributed by atoms with E-state index in [0.717, 1.165) is 5.56 Å². The minimum Gasteiger partial charge on any atom is -0.507 e. The molecule has 0 saturated heterocycles. The maximum atomic E-state index is 11.9. The largest absolute Gasteiger partial charge is 0.507 e. The van der Waals surface area contributed by atoms with Crippen LogP contribution in [-0.2, 0) is 16.0 Å². The second-order valence-corrected chi connectivity index (χ2v) is 4.76. The fourth-order valence-electron chi connectivity index (χ4n) is 1.99. The third kappa shape index (κ3) is 2.49. The number of aryl methyl sites for hydroxylation is 1. The van der Waals surface area contributed by atoms with Gasteiger partial charge in [-0.25, -0.2) is 0 Å². The van der Waals surface area contributed by atoms with Crippen molar-refractivity contribution in [3.8, 4) is 5.75 Å². The van der Waals surface area contributed by atoms with Crippen LogP contribution in [0.25, 0.3) is 10.9 Å². The zero-order valence-electron chi connectivity index (χ0n) is 11.1. The Morgan fingerprint density at radius 1 is 1.45 bits per heavy atom. The van der Waals surface area contributed by atoms with Crippen LogP contribution in [0, 0.1) is 6.92 Å². The highest BCUT2D eigenvalue weighted by atomic mass is 35.5. The van der Waals surface area contributed by atoms with Crippen LogP contribution in [0.2, 0.25) is 5.02 Å². The number of esters is 1. The van der Waals surface area contributed by atoms with Gasteiger partial charge in [0.05, 0.1) is 34.5 Å². The number of aromatic hydroxyl groups is 1. The average molecular weight is 296 g/mol. The first-order valence-electron chi connectivity index (χ1n) is 6.14. The molecule has 20 heavy (non-hydrogen) atoms. The van der Waals surface area contributed by atoms with E-state index < -0.39 is 11.5 Å². The van der Waals surface area contributed by atoms with Crippen molar-refractivity contribution in [2.75, 3.05) is 6.61 Å². The van der Waals surface area contributed by atoms with Gasteiger partial charge in [-0.2, -0.15) is 0 Å². The Kier molecular flexibility index (Phi) is 3.99. The molecule has 0 aliphatic rings. The first-order valence-corrected chi connectivity index (χ1v) is 6.52. The summed E-state index contributed by atoms with van der Waals surface area (Å²) in [5, 5.41) is 10.9. The highest BCUT2D eigenvalue weighted by molar-refractivity contribution is 6.36. The number of pyridine rings is 1. The molecule has 0 radical (unpaired) electrons. The highest BCUT2D eigenvalue weighted by Crippen LogP contribution is 2.33. The van der Waals surface area contributed by atoms with Crippen LogP contribution in [0.5, 0.6) is 5.75 Å². The lowest BCUT2D eigenvalue weighted by molar-refractivity contribution is -0.142. The van der Waals surface area contributed by atoms with Gasteiger partial charge in [0.1, 0.15) is 5.75 Å². The van der Waals surface area contributed by atoms with Crippen LogP contribution in [0.4, 0.5) is 0 Å². The molecule has 0 saturated carbocycles. The summed E-state index contributed by atoms with van der Waals surface area (Å²) < 4.78 is 4.79. The number of halogens is 1. The molecule has 0 amide bonds. The summed E-state index contributed by atoms with van der Waals surface area (Å²) >= 11 is 6.16. The Labute approximate surface area is 120 Å². The quantitative estimate of drug-likeness (QED) is 0.852. The fraction of sp³-hybridized carbons (Fsp3) is 0.286. The number of carbonyl (C=O) groups is 1. The maximum absolute atomic E-state index is 11.9. The van der Waals surface area contributed by atoms with E-state index in [1.165, 1.54) is 0 Å². The molecule has 0 fully saturated rings. The van der Waals surface area contributed by atoms with E-state index in [2.05, 4.69) is 4.98 Å². The number of H-pyrrole nitrogens is 1. The Bertz CT molecular complexity index is 736. The van der Waals surface area contributed by atoms with E-state index >= 15 is 0 Å². The number of hydrogen-bond donors (Lipinski definition) is 2. The normalized spacial score (nSPS) is 10.8. The molecule has 106 valence electrons. The topological polar surface area (TPSA) is 79.4 Å². The number of fused-ring (bicyclic) bond motifs is 1. The molecule has 0 aliphatic carbocycles. The third-order valence-corrected chi connectivity index (χ3v) is 3.49. The maximum Gasteiger partial charge on any atom is 0.310 e. The number of aromatic nitrogens is 1. The molecule has 2 N–H and O–H groups in total. The Morgan fingerprint density at radius 3 is 2.80 bits per heavy atom. The fourth-order valence-corrected chi connectivity index (χ4v) is 2.25. The molecule has 5 nitrogen and oxygen atoms in total. The smallest absolute Gasteiger partial charge is 0.310 e. The van der Waals surface area contributed by atoms with Gasteiger partial charge in [0, 0.05) is 0 Å². The summed E-state index contributed by atoms with van der Waals surface area (Å²) in [4.78, 5) is 26.0. The van der Waals surface area contributed by atoms with E-state index in [0.29, 0.717) is 15.9 Å². The van der Waals surface area contributed by atoms with Gasteiger partial charge in [-0.3, -0.25) is 9.59 Å². The number of benzene rings is 1. The average Bonchev–Trinajstić information content (AvgIpc) is 2.39. The van der Waals surface area contributed by atoms with Crippen LogP contribution in [-0.4, -0.2) is 22.7 Å². The molecule has 1 aromatic heterocycles. The second kappa shape index (κ2) is 5.54. The molecule has 6 heteroatoms. The lowest BCUT2D eigenvalue weighted by atomic mass is 10.1. The first kappa shape index (κ1) is 14.4. The zero-order valence-corrected chi connectivity index (χ0v) is 11.9. The number of carbonyl (C=O) groups excluding carboxylic acids is 1. The Balaban J connectivity index is 2.64. The molecule has 0 spiro atoms. The SMILES string of the molecule is CCOC(=O)Cc1c(O)c2c(Cl)c(C)ccc2[nH]c1=O. The summed E-state index contributed by atoms with van der Waals surface area (Å²) in [6, 6.07) is 3.40. The summed E-state index contributed by atoms with van der Waals surface area (Å²) in [6.07, 6.45) is -0.296. The minimum atomic E-state index is -0.573.